The third-order valence-electron chi connectivity index (χ3n) is 7.15. The Morgan fingerprint density at radius 3 is 2.62 bits per heavy atom. The average Bonchev–Trinajstić information content (AvgIpc) is 3.39. The van der Waals surface area contributed by atoms with Crippen molar-refractivity contribution in [2.75, 3.05) is 33.5 Å². The van der Waals surface area contributed by atoms with E-state index in [1.54, 1.807) is 38.8 Å². The fourth-order valence-electron chi connectivity index (χ4n) is 4.83. The molecule has 0 aromatic carbocycles. The summed E-state index contributed by atoms with van der Waals surface area (Å²) in [5.74, 6) is 0.0431. The Kier molecular flexibility index (Phi) is 10.0. The lowest BCUT2D eigenvalue weighted by Crippen LogP contribution is -2.37. The van der Waals surface area contributed by atoms with Gasteiger partial charge in [0.05, 0.1) is 12.2 Å². The molecule has 1 atom stereocenters. The first-order valence-corrected chi connectivity index (χ1v) is 14.1. The fourth-order valence-corrected chi connectivity index (χ4v) is 4.83. The van der Waals surface area contributed by atoms with Gasteiger partial charge in [-0.25, -0.2) is 19.7 Å². The molecule has 224 valence electrons. The number of pyridine rings is 1. The van der Waals surface area contributed by atoms with E-state index in [0.717, 1.165) is 24.1 Å². The molecule has 1 aliphatic rings. The molecule has 3 aromatic heterocycles. The molecule has 0 bridgehead atoms. The van der Waals surface area contributed by atoms with Crippen LogP contribution in [0.4, 0.5) is 10.5 Å². The maximum Gasteiger partial charge on any atom is 0.410 e. The van der Waals surface area contributed by atoms with Crippen LogP contribution in [0.15, 0.2) is 41.6 Å². The smallest absolute Gasteiger partial charge is 0.410 e. The number of aromatic amines is 1. The fraction of sp³-hybridized carbons (Fsp3) is 0.483. The van der Waals surface area contributed by atoms with Crippen molar-refractivity contribution in [1.82, 2.24) is 34.3 Å². The number of anilines is 1. The average molecular weight is 579 g/mol. The second-order valence-corrected chi connectivity index (χ2v) is 10.8. The third-order valence-corrected chi connectivity index (χ3v) is 7.15. The van der Waals surface area contributed by atoms with Crippen LogP contribution >= 0.6 is 0 Å². The molecule has 0 spiro atoms. The highest BCUT2D eigenvalue weighted by atomic mass is 16.6. The van der Waals surface area contributed by atoms with Crippen molar-refractivity contribution in [3.05, 3.63) is 58.7 Å². The standard InChI is InChI=1S/C29H38N8O5/c1-35(2)23(38)15-9-8-14-21(42-29(41)36(3)4)27(39)32-20-13-10-16-37(28(20)40)17-22-33-25-24(19-11-6-5-7-12-19)30-18-31-26(25)34-22/h9-10,13,15-16,18-19,21H,5-8,11-12,14,17H2,1-4H3,(H,32,39)(H,30,31,33,34)/b15-9+. The van der Waals surface area contributed by atoms with E-state index in [1.165, 1.54) is 59.9 Å². The van der Waals surface area contributed by atoms with E-state index >= 15 is 0 Å². The van der Waals surface area contributed by atoms with E-state index < -0.39 is 23.7 Å². The molecule has 3 heterocycles. The summed E-state index contributed by atoms with van der Waals surface area (Å²) in [6.07, 6.45) is 10.4. The summed E-state index contributed by atoms with van der Waals surface area (Å²) in [5, 5.41) is 2.61. The maximum atomic E-state index is 13.3. The number of ether oxygens (including phenoxy) is 1. The van der Waals surface area contributed by atoms with Crippen molar-refractivity contribution in [2.24, 2.45) is 0 Å². The van der Waals surface area contributed by atoms with E-state index in [0.29, 0.717) is 23.8 Å². The summed E-state index contributed by atoms with van der Waals surface area (Å²) in [7, 11) is 6.27. The molecule has 42 heavy (non-hydrogen) atoms. The number of likely N-dealkylation sites (N-methyl/N-ethyl adjacent to an activating group) is 1. The third kappa shape index (κ3) is 7.59. The van der Waals surface area contributed by atoms with Crippen LogP contribution < -0.4 is 10.9 Å². The molecule has 3 aromatic rings. The van der Waals surface area contributed by atoms with Crippen molar-refractivity contribution < 1.29 is 19.1 Å². The minimum absolute atomic E-state index is 0.0329. The lowest BCUT2D eigenvalue weighted by Gasteiger charge is -2.20. The molecule has 0 aliphatic heterocycles. The predicted molar refractivity (Wildman–Crippen MR) is 157 cm³/mol. The van der Waals surface area contributed by atoms with Crippen LogP contribution in [-0.2, 0) is 20.9 Å². The largest absolute Gasteiger partial charge is 0.436 e. The van der Waals surface area contributed by atoms with Crippen LogP contribution in [-0.4, -0.2) is 86.5 Å². The first-order valence-electron chi connectivity index (χ1n) is 14.1. The van der Waals surface area contributed by atoms with Crippen LogP contribution in [0, 0.1) is 0 Å². The monoisotopic (exact) mass is 578 g/mol. The van der Waals surface area contributed by atoms with Crippen LogP contribution in [0.25, 0.3) is 11.2 Å². The zero-order valence-electron chi connectivity index (χ0n) is 24.5. The van der Waals surface area contributed by atoms with Crippen LogP contribution in [0.5, 0.6) is 0 Å². The van der Waals surface area contributed by atoms with Gasteiger partial charge in [-0.2, -0.15) is 0 Å². The number of allylic oxidation sites excluding steroid dienone is 1. The zero-order chi connectivity index (χ0) is 30.2. The summed E-state index contributed by atoms with van der Waals surface area (Å²) in [6.45, 7) is 0.132. The number of rotatable bonds is 10. The molecule has 0 saturated heterocycles. The van der Waals surface area contributed by atoms with Crippen molar-refractivity contribution in [1.29, 1.82) is 0 Å². The lowest BCUT2D eigenvalue weighted by molar-refractivity contribution is -0.125. The number of amides is 3. The van der Waals surface area contributed by atoms with E-state index in [9.17, 15) is 19.2 Å². The van der Waals surface area contributed by atoms with Crippen LogP contribution in [0.1, 0.15) is 62.4 Å². The van der Waals surface area contributed by atoms with E-state index in [2.05, 4.69) is 20.3 Å². The Morgan fingerprint density at radius 1 is 1.14 bits per heavy atom. The van der Waals surface area contributed by atoms with Crippen LogP contribution in [0.3, 0.4) is 0 Å². The number of fused-ring (bicyclic) bond motifs is 1. The molecule has 13 nitrogen and oxygen atoms in total. The number of nitrogens with one attached hydrogen (secondary N) is 2. The summed E-state index contributed by atoms with van der Waals surface area (Å²) in [6, 6.07) is 3.13. The molecule has 2 N–H and O–H groups in total. The zero-order valence-corrected chi connectivity index (χ0v) is 24.5. The number of hydrogen-bond donors (Lipinski definition) is 2. The van der Waals surface area contributed by atoms with Crippen molar-refractivity contribution in [3.63, 3.8) is 0 Å². The second kappa shape index (κ2) is 13.9. The summed E-state index contributed by atoms with van der Waals surface area (Å²) < 4.78 is 6.80. The molecule has 1 saturated carbocycles. The minimum Gasteiger partial charge on any atom is -0.436 e. The number of H-pyrrole nitrogens is 1. The first-order chi connectivity index (χ1) is 20.1. The highest BCUT2D eigenvalue weighted by Gasteiger charge is 2.25. The van der Waals surface area contributed by atoms with Gasteiger partial charge in [-0.1, -0.05) is 25.3 Å². The van der Waals surface area contributed by atoms with Gasteiger partial charge < -0.3 is 29.4 Å². The maximum absolute atomic E-state index is 13.3. The number of imidazole rings is 1. The van der Waals surface area contributed by atoms with Gasteiger partial charge in [-0.3, -0.25) is 14.4 Å². The first kappa shape index (κ1) is 30.4. The molecular formula is C29H38N8O5. The predicted octanol–water partition coefficient (Wildman–Crippen LogP) is 3.04. The Labute approximate surface area is 244 Å². The molecule has 3 amide bonds. The number of carbonyl (C=O) groups excluding carboxylic acids is 3. The molecule has 1 fully saturated rings. The quantitative estimate of drug-likeness (QED) is 0.348. The van der Waals surface area contributed by atoms with Crippen molar-refractivity contribution in [3.8, 4) is 0 Å². The second-order valence-electron chi connectivity index (χ2n) is 10.8. The van der Waals surface area contributed by atoms with Crippen LogP contribution in [0.2, 0.25) is 0 Å². The van der Waals surface area contributed by atoms with Crippen molar-refractivity contribution in [2.45, 2.75) is 63.5 Å². The minimum atomic E-state index is -1.18. The molecule has 0 radical (unpaired) electrons. The van der Waals surface area contributed by atoms with Gasteiger partial charge in [0.2, 0.25) is 5.91 Å². The Morgan fingerprint density at radius 2 is 1.90 bits per heavy atom. The van der Waals surface area contributed by atoms with Gasteiger partial charge in [0.1, 0.15) is 23.4 Å². The van der Waals surface area contributed by atoms with Gasteiger partial charge in [0.15, 0.2) is 11.8 Å². The van der Waals surface area contributed by atoms with Gasteiger partial charge in [-0.15, -0.1) is 0 Å². The molecule has 1 unspecified atom stereocenters. The number of carbonyl (C=O) groups is 3. The Hall–Kier alpha value is -4.55. The molecule has 13 heteroatoms. The van der Waals surface area contributed by atoms with Gasteiger partial charge in [0.25, 0.3) is 11.5 Å². The lowest BCUT2D eigenvalue weighted by atomic mass is 9.86. The van der Waals surface area contributed by atoms with E-state index in [4.69, 9.17) is 9.72 Å². The van der Waals surface area contributed by atoms with Crippen molar-refractivity contribution >= 4 is 34.8 Å². The topological polar surface area (TPSA) is 155 Å². The highest BCUT2D eigenvalue weighted by Crippen LogP contribution is 2.33. The normalized spacial score (nSPS) is 14.6. The number of hydrogen-bond acceptors (Lipinski definition) is 8. The van der Waals surface area contributed by atoms with Gasteiger partial charge >= 0.3 is 6.09 Å². The summed E-state index contributed by atoms with van der Waals surface area (Å²) in [5.41, 5.74) is 1.88. The number of aromatic nitrogens is 5. The Bertz CT molecular complexity index is 1500. The van der Waals surface area contributed by atoms with Gasteiger partial charge in [0, 0.05) is 40.3 Å². The molecule has 1 aliphatic carbocycles. The van der Waals surface area contributed by atoms with E-state index in [1.807, 2.05) is 0 Å². The number of nitrogens with zero attached hydrogens (tertiary/aromatic N) is 6. The highest BCUT2D eigenvalue weighted by molar-refractivity contribution is 5.95. The molecular weight excluding hydrogens is 540 g/mol. The summed E-state index contributed by atoms with van der Waals surface area (Å²) in [4.78, 5) is 69.9. The Balaban J connectivity index is 1.49. The van der Waals surface area contributed by atoms with Gasteiger partial charge in [-0.05, 0) is 43.9 Å². The summed E-state index contributed by atoms with van der Waals surface area (Å²) >= 11 is 0. The SMILES string of the molecule is CN(C)C(=O)/C=C/CCC(OC(=O)N(C)C)C(=O)Nc1cccn(Cc2nc3c(C4CCCCC4)ncnc3[nH]2)c1=O. The molecule has 4 rings (SSSR count). The van der Waals surface area contributed by atoms with E-state index in [-0.39, 0.29) is 24.6 Å².